The molecule has 130 valence electrons. The minimum atomic E-state index is -0.980. The van der Waals surface area contributed by atoms with Crippen molar-refractivity contribution in [1.29, 1.82) is 0 Å². The number of hydrogen-bond donors (Lipinski definition) is 0. The minimum absolute atomic E-state index is 0.00405. The van der Waals surface area contributed by atoms with Gasteiger partial charge in [-0.1, -0.05) is 0 Å². The lowest BCUT2D eigenvalue weighted by Crippen LogP contribution is -2.49. The number of rotatable bonds is 2. The number of amides is 2. The molecule has 0 N–H and O–H groups in total. The highest BCUT2D eigenvalue weighted by atomic mass is 32.2. The van der Waals surface area contributed by atoms with Crippen molar-refractivity contribution in [3.63, 3.8) is 0 Å². The number of anilines is 1. The lowest BCUT2D eigenvalue weighted by molar-refractivity contribution is -0.117. The maximum Gasteiger partial charge on any atom is 0.256 e. The number of nitrogens with zero attached hydrogens (tertiary/aromatic N) is 2. The van der Waals surface area contributed by atoms with Crippen LogP contribution in [0.5, 0.6) is 0 Å². The molecule has 2 unspecified atom stereocenters. The largest absolute Gasteiger partial charge is 0.336 e. The molecule has 7 heteroatoms. The Labute approximate surface area is 143 Å². The summed E-state index contributed by atoms with van der Waals surface area (Å²) in [5.41, 5.74) is 0.531. The monoisotopic (exact) mass is 352 g/mol. The third-order valence-corrected chi connectivity index (χ3v) is 6.49. The van der Waals surface area contributed by atoms with Gasteiger partial charge in [-0.15, -0.1) is 0 Å². The predicted octanol–water partition coefficient (Wildman–Crippen LogP) is 1.93. The molecule has 2 atom stereocenters. The molecule has 0 bridgehead atoms. The van der Waals surface area contributed by atoms with Gasteiger partial charge < -0.3 is 9.80 Å². The number of carbonyl (C=O) groups excluding carboxylic acids is 2. The van der Waals surface area contributed by atoms with Crippen molar-refractivity contribution in [2.24, 2.45) is 0 Å². The molecular weight excluding hydrogens is 331 g/mol. The number of hydrogen-bond acceptors (Lipinski definition) is 3. The van der Waals surface area contributed by atoms with Gasteiger partial charge in [-0.25, -0.2) is 4.39 Å². The second-order valence-corrected chi connectivity index (χ2v) is 8.74. The SMILES string of the molecule is CC1CN(C(=O)c2cc(N3CCCC3=O)ccc2F)CC(C)S1=O. The van der Waals surface area contributed by atoms with E-state index in [1.54, 1.807) is 9.80 Å². The normalized spacial score (nSPS) is 27.6. The van der Waals surface area contributed by atoms with Gasteiger partial charge in [0.2, 0.25) is 5.91 Å². The van der Waals surface area contributed by atoms with Gasteiger partial charge in [0.25, 0.3) is 5.91 Å². The maximum absolute atomic E-state index is 14.2. The van der Waals surface area contributed by atoms with Crippen LogP contribution in [-0.2, 0) is 15.6 Å². The summed E-state index contributed by atoms with van der Waals surface area (Å²) in [6, 6.07) is 4.23. The van der Waals surface area contributed by atoms with E-state index in [4.69, 9.17) is 0 Å². The molecule has 2 saturated heterocycles. The Morgan fingerprint density at radius 2 is 1.92 bits per heavy atom. The molecule has 0 radical (unpaired) electrons. The maximum atomic E-state index is 14.2. The lowest BCUT2D eigenvalue weighted by atomic mass is 10.1. The van der Waals surface area contributed by atoms with Crippen LogP contribution in [0.1, 0.15) is 37.0 Å². The molecule has 0 saturated carbocycles. The van der Waals surface area contributed by atoms with E-state index >= 15 is 0 Å². The molecule has 0 aliphatic carbocycles. The number of carbonyl (C=O) groups is 2. The summed E-state index contributed by atoms with van der Waals surface area (Å²) in [7, 11) is -0.980. The molecule has 2 aliphatic heterocycles. The van der Waals surface area contributed by atoms with E-state index in [1.165, 1.54) is 18.2 Å². The molecule has 24 heavy (non-hydrogen) atoms. The van der Waals surface area contributed by atoms with Crippen LogP contribution in [0, 0.1) is 5.82 Å². The third-order valence-electron chi connectivity index (χ3n) is 4.60. The smallest absolute Gasteiger partial charge is 0.256 e. The van der Waals surface area contributed by atoms with Crippen molar-refractivity contribution in [3.8, 4) is 0 Å². The van der Waals surface area contributed by atoms with Crippen molar-refractivity contribution >= 4 is 28.3 Å². The van der Waals surface area contributed by atoms with E-state index in [9.17, 15) is 18.2 Å². The molecule has 3 rings (SSSR count). The van der Waals surface area contributed by atoms with Gasteiger partial charge >= 0.3 is 0 Å². The first-order chi connectivity index (χ1) is 11.4. The van der Waals surface area contributed by atoms with Crippen molar-refractivity contribution in [1.82, 2.24) is 4.90 Å². The highest BCUT2D eigenvalue weighted by Gasteiger charge is 2.33. The fourth-order valence-electron chi connectivity index (χ4n) is 3.34. The summed E-state index contributed by atoms with van der Waals surface area (Å²) in [5, 5.41) is -0.270. The molecule has 1 aromatic carbocycles. The quantitative estimate of drug-likeness (QED) is 0.817. The van der Waals surface area contributed by atoms with Gasteiger partial charge in [-0.05, 0) is 38.5 Å². The lowest BCUT2D eigenvalue weighted by Gasteiger charge is -2.34. The van der Waals surface area contributed by atoms with Crippen molar-refractivity contribution in [3.05, 3.63) is 29.6 Å². The fraction of sp³-hybridized carbons (Fsp3) is 0.529. The topological polar surface area (TPSA) is 57.7 Å². The highest BCUT2D eigenvalue weighted by Crippen LogP contribution is 2.25. The van der Waals surface area contributed by atoms with Crippen LogP contribution in [0.25, 0.3) is 0 Å². The molecule has 2 fully saturated rings. The second kappa shape index (κ2) is 6.63. The van der Waals surface area contributed by atoms with Crippen molar-refractivity contribution < 1.29 is 18.2 Å². The van der Waals surface area contributed by atoms with Gasteiger partial charge in [0.1, 0.15) is 5.82 Å². The zero-order chi connectivity index (χ0) is 17.4. The van der Waals surface area contributed by atoms with Crippen LogP contribution in [0.15, 0.2) is 18.2 Å². The Hall–Kier alpha value is -1.76. The van der Waals surface area contributed by atoms with Crippen LogP contribution in [0.4, 0.5) is 10.1 Å². The summed E-state index contributed by atoms with van der Waals surface area (Å²) >= 11 is 0. The van der Waals surface area contributed by atoms with E-state index in [1.807, 2.05) is 13.8 Å². The number of halogens is 1. The first-order valence-corrected chi connectivity index (χ1v) is 9.44. The standard InChI is InChI=1S/C17H21FN2O3S/c1-11-9-19(10-12(2)24(11)23)17(22)14-8-13(5-6-15(14)18)20-7-3-4-16(20)21/h5-6,8,11-12H,3-4,7,9-10H2,1-2H3. The van der Waals surface area contributed by atoms with Gasteiger partial charge in [0.05, 0.1) is 5.56 Å². The predicted molar refractivity (Wildman–Crippen MR) is 91.0 cm³/mol. The molecule has 1 aromatic rings. The first kappa shape index (κ1) is 17.1. The molecule has 0 aromatic heterocycles. The Kier molecular flexibility index (Phi) is 4.71. The van der Waals surface area contributed by atoms with Gasteiger partial charge in [0, 0.05) is 53.0 Å². The van der Waals surface area contributed by atoms with Crippen LogP contribution < -0.4 is 4.90 Å². The molecule has 5 nitrogen and oxygen atoms in total. The van der Waals surface area contributed by atoms with E-state index in [2.05, 4.69) is 0 Å². The van der Waals surface area contributed by atoms with Crippen molar-refractivity contribution in [2.75, 3.05) is 24.5 Å². The summed E-state index contributed by atoms with van der Waals surface area (Å²) in [4.78, 5) is 27.8. The van der Waals surface area contributed by atoms with E-state index in [0.29, 0.717) is 31.7 Å². The van der Waals surface area contributed by atoms with Crippen LogP contribution in [0.2, 0.25) is 0 Å². The Balaban J connectivity index is 1.87. The molecule has 0 spiro atoms. The van der Waals surface area contributed by atoms with Crippen LogP contribution >= 0.6 is 0 Å². The highest BCUT2D eigenvalue weighted by molar-refractivity contribution is 7.86. The average Bonchev–Trinajstić information content (AvgIpc) is 2.98. The van der Waals surface area contributed by atoms with Gasteiger partial charge in [-0.2, -0.15) is 0 Å². The fourth-order valence-corrected chi connectivity index (χ4v) is 4.79. The summed E-state index contributed by atoms with van der Waals surface area (Å²) < 4.78 is 26.2. The van der Waals surface area contributed by atoms with Crippen LogP contribution in [-0.4, -0.2) is 51.1 Å². The first-order valence-electron chi connectivity index (χ1n) is 8.17. The summed E-state index contributed by atoms with van der Waals surface area (Å²) in [6.45, 7) is 4.96. The summed E-state index contributed by atoms with van der Waals surface area (Å²) in [6.07, 6.45) is 1.25. The van der Waals surface area contributed by atoms with Crippen LogP contribution in [0.3, 0.4) is 0 Å². The molecule has 2 heterocycles. The van der Waals surface area contributed by atoms with E-state index < -0.39 is 22.5 Å². The zero-order valence-corrected chi connectivity index (χ0v) is 14.6. The number of benzene rings is 1. The average molecular weight is 352 g/mol. The van der Waals surface area contributed by atoms with Gasteiger partial charge in [-0.3, -0.25) is 13.8 Å². The van der Waals surface area contributed by atoms with E-state index in [0.717, 1.165) is 6.42 Å². The second-order valence-electron chi connectivity index (χ2n) is 6.47. The van der Waals surface area contributed by atoms with Crippen molar-refractivity contribution in [2.45, 2.75) is 37.2 Å². The van der Waals surface area contributed by atoms with Gasteiger partial charge in [0.15, 0.2) is 0 Å². The Morgan fingerprint density at radius 1 is 1.25 bits per heavy atom. The molecule has 2 amide bonds. The van der Waals surface area contributed by atoms with E-state index in [-0.39, 0.29) is 22.0 Å². The molecular formula is C17H21FN2O3S. The third kappa shape index (κ3) is 3.09. The Bertz CT molecular complexity index is 695. The Morgan fingerprint density at radius 3 is 2.50 bits per heavy atom. The minimum Gasteiger partial charge on any atom is -0.336 e. The molecule has 2 aliphatic rings. The summed E-state index contributed by atoms with van der Waals surface area (Å²) in [5.74, 6) is -1.01. The zero-order valence-electron chi connectivity index (χ0n) is 13.8.